The highest BCUT2D eigenvalue weighted by atomic mass is 79.9. The van der Waals surface area contributed by atoms with E-state index in [4.69, 9.17) is 39.5 Å². The molecule has 18 heavy (non-hydrogen) atoms. The van der Waals surface area contributed by atoms with Crippen LogP contribution in [0.15, 0.2) is 28.9 Å². The first-order valence-electron chi connectivity index (χ1n) is 4.92. The molecule has 2 nitrogen and oxygen atoms in total. The van der Waals surface area contributed by atoms with E-state index in [1.54, 1.807) is 12.3 Å². The summed E-state index contributed by atoms with van der Waals surface area (Å²) in [6.45, 7) is 1.94. The molecule has 2 aromatic rings. The number of hydrogen-bond donors (Lipinski definition) is 0. The highest BCUT2D eigenvalue weighted by Gasteiger charge is 2.11. The van der Waals surface area contributed by atoms with Crippen LogP contribution < -0.4 is 4.74 Å². The Bertz CT molecular complexity index is 604. The van der Waals surface area contributed by atoms with Gasteiger partial charge in [0.1, 0.15) is 5.75 Å². The van der Waals surface area contributed by atoms with Crippen LogP contribution in [0.2, 0.25) is 15.1 Å². The number of aromatic nitrogens is 1. The molecule has 1 aromatic heterocycles. The molecule has 0 spiro atoms. The summed E-state index contributed by atoms with van der Waals surface area (Å²) in [5, 5.41) is 1.13. The second-order valence-corrected chi connectivity index (χ2v) is 5.67. The molecule has 0 bridgehead atoms. The Balaban J connectivity index is 2.37. The molecule has 0 aliphatic heterocycles. The van der Waals surface area contributed by atoms with Crippen molar-refractivity contribution in [2.45, 2.75) is 6.92 Å². The predicted octanol–water partition coefficient (Wildman–Crippen LogP) is 5.91. The largest absolute Gasteiger partial charge is 0.436 e. The molecule has 2 rings (SSSR count). The lowest BCUT2D eigenvalue weighted by Crippen LogP contribution is -1.91. The Morgan fingerprint density at radius 1 is 1.06 bits per heavy atom. The maximum atomic E-state index is 6.02. The number of hydrogen-bond acceptors (Lipinski definition) is 2. The fraction of sp³-hybridized carbons (Fsp3) is 0.0833. The summed E-state index contributed by atoms with van der Waals surface area (Å²) in [7, 11) is 0. The summed E-state index contributed by atoms with van der Waals surface area (Å²) >= 11 is 21.2. The average Bonchev–Trinajstić information content (AvgIpc) is 2.29. The second kappa shape index (κ2) is 5.66. The molecule has 0 aliphatic rings. The van der Waals surface area contributed by atoms with Crippen molar-refractivity contribution in [1.29, 1.82) is 0 Å². The molecule has 94 valence electrons. The molecule has 0 unspecified atom stereocenters. The average molecular weight is 367 g/mol. The highest BCUT2D eigenvalue weighted by molar-refractivity contribution is 9.10. The van der Waals surface area contributed by atoms with E-state index in [1.807, 2.05) is 13.0 Å². The zero-order valence-corrected chi connectivity index (χ0v) is 13.0. The minimum atomic E-state index is 0.374. The first-order valence-corrected chi connectivity index (χ1v) is 6.84. The Morgan fingerprint density at radius 3 is 2.39 bits per heavy atom. The van der Waals surface area contributed by atoms with Gasteiger partial charge in [-0.05, 0) is 40.5 Å². The van der Waals surface area contributed by atoms with Crippen molar-refractivity contribution in [1.82, 2.24) is 4.98 Å². The fourth-order valence-electron chi connectivity index (χ4n) is 1.28. The van der Waals surface area contributed by atoms with Gasteiger partial charge in [-0.3, -0.25) is 0 Å². The van der Waals surface area contributed by atoms with Crippen LogP contribution in [-0.4, -0.2) is 4.98 Å². The Kier molecular flexibility index (Phi) is 4.38. The number of rotatable bonds is 2. The van der Waals surface area contributed by atoms with Gasteiger partial charge in [0, 0.05) is 12.3 Å². The van der Waals surface area contributed by atoms with Gasteiger partial charge >= 0.3 is 0 Å². The number of pyridine rings is 1. The highest BCUT2D eigenvalue weighted by Crippen LogP contribution is 2.37. The van der Waals surface area contributed by atoms with Crippen LogP contribution in [0, 0.1) is 6.92 Å². The third kappa shape index (κ3) is 3.09. The summed E-state index contributed by atoms with van der Waals surface area (Å²) in [6.07, 6.45) is 1.70. The molecule has 0 saturated heterocycles. The minimum Gasteiger partial charge on any atom is -0.436 e. The number of benzene rings is 1. The van der Waals surface area contributed by atoms with Gasteiger partial charge in [0.05, 0.1) is 19.5 Å². The molecular weight excluding hydrogens is 360 g/mol. The van der Waals surface area contributed by atoms with Crippen LogP contribution in [0.1, 0.15) is 5.56 Å². The van der Waals surface area contributed by atoms with E-state index in [2.05, 4.69) is 20.9 Å². The standard InChI is InChI=1S/C12H7BrCl3NO/c1-6-2-7(13)12(17-5-6)18-11-4-9(15)8(14)3-10(11)16/h2-5H,1H3. The molecule has 0 aliphatic carbocycles. The van der Waals surface area contributed by atoms with Crippen molar-refractivity contribution >= 4 is 50.7 Å². The lowest BCUT2D eigenvalue weighted by Gasteiger charge is -2.09. The maximum absolute atomic E-state index is 6.02. The van der Waals surface area contributed by atoms with Gasteiger partial charge in [-0.15, -0.1) is 0 Å². The van der Waals surface area contributed by atoms with Crippen LogP contribution >= 0.6 is 50.7 Å². The van der Waals surface area contributed by atoms with Crippen LogP contribution in [0.4, 0.5) is 0 Å². The Labute approximate surface area is 128 Å². The van der Waals surface area contributed by atoms with Crippen molar-refractivity contribution in [3.8, 4) is 11.6 Å². The van der Waals surface area contributed by atoms with Gasteiger partial charge in [-0.25, -0.2) is 4.98 Å². The van der Waals surface area contributed by atoms with E-state index in [1.165, 1.54) is 6.07 Å². The fourth-order valence-corrected chi connectivity index (χ4v) is 2.40. The maximum Gasteiger partial charge on any atom is 0.233 e. The smallest absolute Gasteiger partial charge is 0.233 e. The van der Waals surface area contributed by atoms with Crippen molar-refractivity contribution in [2.24, 2.45) is 0 Å². The minimum absolute atomic E-state index is 0.374. The third-order valence-electron chi connectivity index (χ3n) is 2.13. The summed E-state index contributed by atoms with van der Waals surface area (Å²) < 4.78 is 6.34. The van der Waals surface area contributed by atoms with Crippen molar-refractivity contribution in [3.63, 3.8) is 0 Å². The summed E-state index contributed by atoms with van der Waals surface area (Å²) in [5.74, 6) is 0.823. The quantitative estimate of drug-likeness (QED) is 0.616. The van der Waals surface area contributed by atoms with E-state index < -0.39 is 0 Å². The van der Waals surface area contributed by atoms with Gasteiger partial charge in [-0.1, -0.05) is 34.8 Å². The molecule has 0 amide bonds. The van der Waals surface area contributed by atoms with E-state index in [0.717, 1.165) is 10.0 Å². The molecule has 1 aromatic carbocycles. The molecule has 1 heterocycles. The first kappa shape index (κ1) is 13.9. The van der Waals surface area contributed by atoms with Crippen molar-refractivity contribution in [3.05, 3.63) is 49.5 Å². The monoisotopic (exact) mass is 365 g/mol. The van der Waals surface area contributed by atoms with E-state index in [-0.39, 0.29) is 0 Å². The zero-order valence-electron chi connectivity index (χ0n) is 9.18. The lowest BCUT2D eigenvalue weighted by atomic mass is 10.3. The van der Waals surface area contributed by atoms with Gasteiger partial charge in [0.2, 0.25) is 5.88 Å². The number of ether oxygens (including phenoxy) is 1. The molecule has 0 saturated carbocycles. The molecular formula is C12H7BrCl3NO. The molecule has 0 atom stereocenters. The normalized spacial score (nSPS) is 10.5. The van der Waals surface area contributed by atoms with Crippen LogP contribution in [0.3, 0.4) is 0 Å². The zero-order chi connectivity index (χ0) is 13.3. The molecule has 0 fully saturated rings. The predicted molar refractivity (Wildman–Crippen MR) is 78.2 cm³/mol. The first-order chi connectivity index (χ1) is 8.47. The van der Waals surface area contributed by atoms with Crippen LogP contribution in [0.25, 0.3) is 0 Å². The molecule has 6 heteroatoms. The van der Waals surface area contributed by atoms with Gasteiger partial charge in [0.25, 0.3) is 0 Å². The lowest BCUT2D eigenvalue weighted by molar-refractivity contribution is 0.459. The van der Waals surface area contributed by atoms with Gasteiger partial charge in [-0.2, -0.15) is 0 Å². The second-order valence-electron chi connectivity index (χ2n) is 3.60. The molecule has 0 radical (unpaired) electrons. The van der Waals surface area contributed by atoms with Crippen molar-refractivity contribution < 1.29 is 4.74 Å². The number of nitrogens with zero attached hydrogens (tertiary/aromatic N) is 1. The Hall–Kier alpha value is -0.480. The summed E-state index contributed by atoms with van der Waals surface area (Å²) in [4.78, 5) is 4.16. The van der Waals surface area contributed by atoms with Crippen LogP contribution in [0.5, 0.6) is 11.6 Å². The van der Waals surface area contributed by atoms with E-state index in [0.29, 0.717) is 26.7 Å². The topological polar surface area (TPSA) is 22.1 Å². The van der Waals surface area contributed by atoms with Crippen LogP contribution in [-0.2, 0) is 0 Å². The number of aryl methyl sites for hydroxylation is 1. The summed E-state index contributed by atoms with van der Waals surface area (Å²) in [5.41, 5.74) is 1.02. The van der Waals surface area contributed by atoms with E-state index >= 15 is 0 Å². The van der Waals surface area contributed by atoms with Crippen molar-refractivity contribution in [2.75, 3.05) is 0 Å². The van der Waals surface area contributed by atoms with Gasteiger partial charge < -0.3 is 4.74 Å². The third-order valence-corrected chi connectivity index (χ3v) is 3.71. The number of halogens is 4. The molecule has 0 N–H and O–H groups in total. The Morgan fingerprint density at radius 2 is 1.72 bits per heavy atom. The van der Waals surface area contributed by atoms with Gasteiger partial charge in [0.15, 0.2) is 0 Å². The SMILES string of the molecule is Cc1cnc(Oc2cc(Cl)c(Cl)cc2Cl)c(Br)c1. The van der Waals surface area contributed by atoms with E-state index in [9.17, 15) is 0 Å². The summed E-state index contributed by atoms with van der Waals surface area (Å²) in [6, 6.07) is 4.98.